The summed E-state index contributed by atoms with van der Waals surface area (Å²) >= 11 is 0. The van der Waals surface area contributed by atoms with Crippen molar-refractivity contribution < 1.29 is 14.4 Å². The number of piperazine rings is 1. The molecular weight excluding hydrogens is 374 g/mol. The van der Waals surface area contributed by atoms with E-state index >= 15 is 0 Å². The highest BCUT2D eigenvalue weighted by atomic mass is 16.5. The van der Waals surface area contributed by atoms with Gasteiger partial charge in [-0.1, -0.05) is 45.0 Å². The second-order valence-electron chi connectivity index (χ2n) is 8.50. The summed E-state index contributed by atoms with van der Waals surface area (Å²) in [4.78, 5) is 16.5. The second-order valence-corrected chi connectivity index (χ2v) is 8.50. The number of anilines is 1. The molecule has 1 aliphatic heterocycles. The Bertz CT molecular complexity index is 794. The molecule has 162 valence electrons. The molecule has 0 radical (unpaired) electrons. The Morgan fingerprint density at radius 2 is 1.70 bits per heavy atom. The van der Waals surface area contributed by atoms with E-state index in [1.807, 2.05) is 12.1 Å². The van der Waals surface area contributed by atoms with Gasteiger partial charge in [0.15, 0.2) is 6.54 Å². The van der Waals surface area contributed by atoms with Crippen molar-refractivity contribution in [1.82, 2.24) is 5.32 Å². The van der Waals surface area contributed by atoms with E-state index in [4.69, 9.17) is 4.74 Å². The first-order valence-corrected chi connectivity index (χ1v) is 11.1. The Labute approximate surface area is 181 Å². The van der Waals surface area contributed by atoms with Crippen LogP contribution >= 0.6 is 0 Å². The van der Waals surface area contributed by atoms with Gasteiger partial charge in [-0.25, -0.2) is 0 Å². The predicted octanol–water partition coefficient (Wildman–Crippen LogP) is 2.48. The molecule has 1 heterocycles. The molecule has 1 saturated heterocycles. The number of aryl methyl sites for hydroxylation is 1. The van der Waals surface area contributed by atoms with Gasteiger partial charge in [0.05, 0.1) is 39.3 Å². The molecule has 0 bridgehead atoms. The van der Waals surface area contributed by atoms with Crippen molar-refractivity contribution in [1.29, 1.82) is 0 Å². The molecule has 1 fully saturated rings. The fourth-order valence-electron chi connectivity index (χ4n) is 4.10. The van der Waals surface area contributed by atoms with E-state index in [1.165, 1.54) is 21.7 Å². The van der Waals surface area contributed by atoms with E-state index in [2.05, 4.69) is 67.4 Å². The van der Waals surface area contributed by atoms with Gasteiger partial charge >= 0.3 is 0 Å². The number of methoxy groups -OCH3 is 1. The molecule has 0 aliphatic carbocycles. The number of nitrogens with one attached hydrogen (secondary N) is 2. The lowest BCUT2D eigenvalue weighted by atomic mass is 9.95. The molecule has 0 spiro atoms. The van der Waals surface area contributed by atoms with Crippen LogP contribution in [-0.2, 0) is 11.2 Å². The number of ether oxygens (including phenoxy) is 1. The van der Waals surface area contributed by atoms with Crippen LogP contribution in [0.2, 0.25) is 0 Å². The maximum Gasteiger partial charge on any atom is 0.275 e. The minimum absolute atomic E-state index is 0.0587. The van der Waals surface area contributed by atoms with Crippen LogP contribution in [0.1, 0.15) is 37.9 Å². The Kier molecular flexibility index (Phi) is 7.75. The lowest BCUT2D eigenvalue weighted by Crippen LogP contribution is -3.16. The zero-order valence-corrected chi connectivity index (χ0v) is 18.8. The highest BCUT2D eigenvalue weighted by Crippen LogP contribution is 2.22. The number of carbonyl (C=O) groups is 1. The number of hydrogen-bond donors (Lipinski definition) is 2. The lowest BCUT2D eigenvalue weighted by Gasteiger charge is -2.33. The second kappa shape index (κ2) is 10.5. The molecule has 1 aliphatic rings. The number of nitrogens with zero attached hydrogens (tertiary/aromatic N) is 1. The lowest BCUT2D eigenvalue weighted by molar-refractivity contribution is -0.892. The van der Waals surface area contributed by atoms with Crippen molar-refractivity contribution in [3.63, 3.8) is 0 Å². The molecule has 2 aromatic carbocycles. The largest absolute Gasteiger partial charge is 0.497 e. The molecule has 1 atom stereocenters. The number of rotatable bonds is 8. The maximum absolute atomic E-state index is 12.8. The summed E-state index contributed by atoms with van der Waals surface area (Å²) in [5.74, 6) is 1.37. The molecule has 5 heteroatoms. The SMILES string of the molecule is CCc1ccc([C@H](NC(=O)C[NH+]2CCN(c3ccc(OC)cc3)CC2)C(C)C)cc1. The molecular formula is C25H36N3O2+. The number of hydrogen-bond acceptors (Lipinski definition) is 3. The standard InChI is InChI=1S/C25H35N3O2/c1-5-20-6-8-21(9-7-20)25(19(2)3)26-24(29)18-27-14-16-28(17-15-27)22-10-12-23(30-4)13-11-22/h6-13,19,25H,5,14-18H2,1-4H3,(H,26,29)/p+1/t25-/m1/s1. The molecule has 3 rings (SSSR count). The van der Waals surface area contributed by atoms with E-state index in [-0.39, 0.29) is 11.9 Å². The highest BCUT2D eigenvalue weighted by Gasteiger charge is 2.25. The van der Waals surface area contributed by atoms with E-state index in [0.717, 1.165) is 38.3 Å². The average Bonchev–Trinajstić information content (AvgIpc) is 2.78. The summed E-state index contributed by atoms with van der Waals surface area (Å²) in [7, 11) is 1.69. The van der Waals surface area contributed by atoms with Crippen LogP contribution in [0.5, 0.6) is 5.75 Å². The zero-order valence-electron chi connectivity index (χ0n) is 18.8. The molecule has 2 N–H and O–H groups in total. The van der Waals surface area contributed by atoms with Crippen LogP contribution in [0, 0.1) is 5.92 Å². The van der Waals surface area contributed by atoms with Crippen LogP contribution in [-0.4, -0.2) is 45.7 Å². The third kappa shape index (κ3) is 5.76. The van der Waals surface area contributed by atoms with Crippen LogP contribution in [0.3, 0.4) is 0 Å². The highest BCUT2D eigenvalue weighted by molar-refractivity contribution is 5.77. The van der Waals surface area contributed by atoms with Gasteiger partial charge in [-0.2, -0.15) is 0 Å². The van der Waals surface area contributed by atoms with Gasteiger partial charge in [-0.3, -0.25) is 4.79 Å². The van der Waals surface area contributed by atoms with Crippen molar-refractivity contribution in [3.8, 4) is 5.75 Å². The van der Waals surface area contributed by atoms with E-state index < -0.39 is 0 Å². The van der Waals surface area contributed by atoms with E-state index in [0.29, 0.717) is 12.5 Å². The number of benzene rings is 2. The summed E-state index contributed by atoms with van der Waals surface area (Å²) < 4.78 is 5.24. The summed E-state index contributed by atoms with van der Waals surface area (Å²) in [5.41, 5.74) is 3.73. The van der Waals surface area contributed by atoms with Gasteiger partial charge < -0.3 is 19.9 Å². The van der Waals surface area contributed by atoms with Crippen LogP contribution in [0.25, 0.3) is 0 Å². The van der Waals surface area contributed by atoms with Crippen molar-refractivity contribution in [2.75, 3.05) is 44.7 Å². The maximum atomic E-state index is 12.8. The zero-order chi connectivity index (χ0) is 21.5. The minimum Gasteiger partial charge on any atom is -0.497 e. The average molecular weight is 411 g/mol. The third-order valence-corrected chi connectivity index (χ3v) is 6.05. The number of quaternary nitrogens is 1. The monoisotopic (exact) mass is 410 g/mol. The van der Waals surface area contributed by atoms with Gasteiger partial charge in [0.1, 0.15) is 5.75 Å². The van der Waals surface area contributed by atoms with Crippen LogP contribution in [0.4, 0.5) is 5.69 Å². The van der Waals surface area contributed by atoms with Gasteiger partial charge in [-0.15, -0.1) is 0 Å². The van der Waals surface area contributed by atoms with Crippen molar-refractivity contribution in [2.45, 2.75) is 33.2 Å². The Morgan fingerprint density at radius 1 is 1.07 bits per heavy atom. The van der Waals surface area contributed by atoms with Crippen molar-refractivity contribution in [3.05, 3.63) is 59.7 Å². The first-order chi connectivity index (χ1) is 14.5. The number of carbonyl (C=O) groups excluding carboxylic acids is 1. The fraction of sp³-hybridized carbons (Fsp3) is 0.480. The quantitative estimate of drug-likeness (QED) is 0.703. The normalized spacial score (nSPS) is 15.8. The molecule has 0 aromatic heterocycles. The molecule has 1 amide bonds. The molecule has 5 nitrogen and oxygen atoms in total. The van der Waals surface area contributed by atoms with Crippen LogP contribution in [0.15, 0.2) is 48.5 Å². The van der Waals surface area contributed by atoms with Gasteiger partial charge in [0.2, 0.25) is 0 Å². The van der Waals surface area contributed by atoms with Crippen LogP contribution < -0.4 is 19.9 Å². The van der Waals surface area contributed by atoms with Gasteiger partial charge in [0, 0.05) is 5.69 Å². The van der Waals surface area contributed by atoms with E-state index in [9.17, 15) is 4.79 Å². The van der Waals surface area contributed by atoms with Crippen molar-refractivity contribution in [2.24, 2.45) is 5.92 Å². The summed E-state index contributed by atoms with van der Waals surface area (Å²) in [6.07, 6.45) is 1.03. The first kappa shape index (κ1) is 22.2. The van der Waals surface area contributed by atoms with Gasteiger partial charge in [-0.05, 0) is 47.7 Å². The van der Waals surface area contributed by atoms with Gasteiger partial charge in [0.25, 0.3) is 5.91 Å². The van der Waals surface area contributed by atoms with Crippen molar-refractivity contribution >= 4 is 11.6 Å². The Hall–Kier alpha value is -2.53. The molecule has 0 unspecified atom stereocenters. The minimum atomic E-state index is 0.0587. The van der Waals surface area contributed by atoms with E-state index in [1.54, 1.807) is 7.11 Å². The number of amides is 1. The molecule has 2 aromatic rings. The topological polar surface area (TPSA) is 46.0 Å². The predicted molar refractivity (Wildman–Crippen MR) is 122 cm³/mol. The Morgan fingerprint density at radius 3 is 2.23 bits per heavy atom. The summed E-state index contributed by atoms with van der Waals surface area (Å²) in [5, 5.41) is 3.29. The fourth-order valence-corrected chi connectivity index (χ4v) is 4.10. The molecule has 0 saturated carbocycles. The summed E-state index contributed by atoms with van der Waals surface area (Å²) in [6.45, 7) is 10.9. The first-order valence-electron chi connectivity index (χ1n) is 11.1. The third-order valence-electron chi connectivity index (χ3n) is 6.05. The Balaban J connectivity index is 1.51. The summed E-state index contributed by atoms with van der Waals surface area (Å²) in [6, 6.07) is 16.9. The molecule has 30 heavy (non-hydrogen) atoms. The smallest absolute Gasteiger partial charge is 0.275 e.